The van der Waals surface area contributed by atoms with E-state index in [2.05, 4.69) is 15.0 Å². The van der Waals surface area contributed by atoms with Crippen LogP contribution in [-0.4, -0.2) is 27.5 Å². The quantitative estimate of drug-likeness (QED) is 0.815. The van der Waals surface area contributed by atoms with Gasteiger partial charge >= 0.3 is 12.1 Å². The van der Waals surface area contributed by atoms with Crippen LogP contribution in [0.15, 0.2) is 30.6 Å². The number of pyridine rings is 1. The Morgan fingerprint density at radius 2 is 2.05 bits per heavy atom. The van der Waals surface area contributed by atoms with E-state index in [1.54, 1.807) is 19.1 Å². The van der Waals surface area contributed by atoms with Crippen LogP contribution in [0.25, 0.3) is 11.4 Å². The summed E-state index contributed by atoms with van der Waals surface area (Å²) in [6.07, 6.45) is -2.52. The third-order valence-electron chi connectivity index (χ3n) is 2.45. The fraction of sp³-hybridized carbons (Fsp3) is 0.231. The van der Waals surface area contributed by atoms with Crippen LogP contribution >= 0.6 is 0 Å². The molecule has 0 unspecified atom stereocenters. The lowest BCUT2D eigenvalue weighted by atomic mass is 10.1. The summed E-state index contributed by atoms with van der Waals surface area (Å²) < 4.78 is 42.9. The van der Waals surface area contributed by atoms with Gasteiger partial charge in [0, 0.05) is 12.4 Å². The lowest BCUT2D eigenvalue weighted by Crippen LogP contribution is -2.15. The van der Waals surface area contributed by atoms with E-state index in [-0.39, 0.29) is 23.6 Å². The molecule has 2 heterocycles. The molecule has 0 bridgehead atoms. The summed E-state index contributed by atoms with van der Waals surface area (Å²) in [5, 5.41) is 0. The van der Waals surface area contributed by atoms with Gasteiger partial charge in [-0.15, -0.1) is 0 Å². The molecule has 2 aromatic heterocycles. The fourth-order valence-corrected chi connectivity index (χ4v) is 1.57. The van der Waals surface area contributed by atoms with Gasteiger partial charge < -0.3 is 4.74 Å². The maximum absolute atomic E-state index is 12.7. The zero-order valence-electron chi connectivity index (χ0n) is 10.9. The van der Waals surface area contributed by atoms with Gasteiger partial charge in [-0.3, -0.25) is 4.98 Å². The normalized spacial score (nSPS) is 11.2. The van der Waals surface area contributed by atoms with Crippen molar-refractivity contribution < 1.29 is 22.7 Å². The SMILES string of the molecule is CCOC(=O)c1cnc(C(F)(F)F)nc1-c1ccccn1. The second kappa shape index (κ2) is 5.86. The summed E-state index contributed by atoms with van der Waals surface area (Å²) in [5.74, 6) is -2.14. The minimum absolute atomic E-state index is 0.0848. The zero-order chi connectivity index (χ0) is 15.5. The summed E-state index contributed by atoms with van der Waals surface area (Å²) in [6, 6.07) is 4.62. The number of ether oxygens (including phenoxy) is 1. The van der Waals surface area contributed by atoms with Gasteiger partial charge in [0.2, 0.25) is 5.82 Å². The van der Waals surface area contributed by atoms with Crippen molar-refractivity contribution in [1.82, 2.24) is 15.0 Å². The molecule has 0 aliphatic carbocycles. The van der Waals surface area contributed by atoms with Gasteiger partial charge in [-0.1, -0.05) is 6.07 Å². The van der Waals surface area contributed by atoms with E-state index in [1.807, 2.05) is 0 Å². The number of rotatable bonds is 3. The molecule has 0 saturated carbocycles. The predicted molar refractivity (Wildman–Crippen MR) is 66.2 cm³/mol. The Kier molecular flexibility index (Phi) is 4.15. The molecular weight excluding hydrogens is 287 g/mol. The lowest BCUT2D eigenvalue weighted by Gasteiger charge is -2.10. The van der Waals surface area contributed by atoms with Crippen LogP contribution < -0.4 is 0 Å². The molecule has 0 aliphatic heterocycles. The van der Waals surface area contributed by atoms with Crippen molar-refractivity contribution in [3.8, 4) is 11.4 Å². The first kappa shape index (κ1) is 14.9. The highest BCUT2D eigenvalue weighted by atomic mass is 19.4. The third-order valence-corrected chi connectivity index (χ3v) is 2.45. The summed E-state index contributed by atoms with van der Waals surface area (Å²) in [5.41, 5.74) is -0.242. The first-order chi connectivity index (χ1) is 9.93. The van der Waals surface area contributed by atoms with Crippen LogP contribution in [-0.2, 0) is 10.9 Å². The molecule has 5 nitrogen and oxygen atoms in total. The standard InChI is InChI=1S/C13H10F3N3O2/c1-2-21-11(20)8-7-18-12(13(14,15)16)19-10(8)9-5-3-4-6-17-9/h3-7H,2H2,1H3. The number of esters is 1. The topological polar surface area (TPSA) is 65.0 Å². The monoisotopic (exact) mass is 297 g/mol. The molecule has 0 atom stereocenters. The van der Waals surface area contributed by atoms with Crippen molar-refractivity contribution in [2.75, 3.05) is 6.61 Å². The minimum atomic E-state index is -4.71. The van der Waals surface area contributed by atoms with Gasteiger partial charge in [-0.05, 0) is 19.1 Å². The van der Waals surface area contributed by atoms with E-state index in [0.29, 0.717) is 0 Å². The molecule has 2 aromatic rings. The zero-order valence-corrected chi connectivity index (χ0v) is 10.9. The number of carbonyl (C=O) groups is 1. The molecule has 8 heteroatoms. The molecule has 21 heavy (non-hydrogen) atoms. The average molecular weight is 297 g/mol. The minimum Gasteiger partial charge on any atom is -0.462 e. The Morgan fingerprint density at radius 1 is 1.29 bits per heavy atom. The van der Waals surface area contributed by atoms with E-state index >= 15 is 0 Å². The Balaban J connectivity index is 2.59. The molecule has 0 fully saturated rings. The van der Waals surface area contributed by atoms with E-state index in [4.69, 9.17) is 4.74 Å². The number of alkyl halides is 3. The number of nitrogens with zero attached hydrogens (tertiary/aromatic N) is 3. The van der Waals surface area contributed by atoms with E-state index in [0.717, 1.165) is 6.20 Å². The van der Waals surface area contributed by atoms with Gasteiger partial charge in [0.05, 0.1) is 12.3 Å². The first-order valence-corrected chi connectivity index (χ1v) is 5.96. The second-order valence-electron chi connectivity index (χ2n) is 3.89. The van der Waals surface area contributed by atoms with Crippen LogP contribution in [0.4, 0.5) is 13.2 Å². The van der Waals surface area contributed by atoms with E-state index in [1.165, 1.54) is 12.3 Å². The summed E-state index contributed by atoms with van der Waals surface area (Å²) in [6.45, 7) is 1.67. The molecule has 0 radical (unpaired) electrons. The van der Waals surface area contributed by atoms with Gasteiger partial charge in [-0.25, -0.2) is 14.8 Å². The molecule has 0 saturated heterocycles. The molecule has 0 amide bonds. The van der Waals surface area contributed by atoms with Gasteiger partial charge in [0.25, 0.3) is 0 Å². The lowest BCUT2D eigenvalue weighted by molar-refractivity contribution is -0.144. The van der Waals surface area contributed by atoms with Gasteiger partial charge in [0.15, 0.2) is 0 Å². The Hall–Kier alpha value is -2.51. The van der Waals surface area contributed by atoms with Crippen LogP contribution in [0.3, 0.4) is 0 Å². The molecule has 0 N–H and O–H groups in total. The number of aromatic nitrogens is 3. The summed E-state index contributed by atoms with van der Waals surface area (Å²) >= 11 is 0. The van der Waals surface area contributed by atoms with Crippen LogP contribution in [0.2, 0.25) is 0 Å². The summed E-state index contributed by atoms with van der Waals surface area (Å²) in [4.78, 5) is 22.3. The molecule has 2 rings (SSSR count). The average Bonchev–Trinajstić information content (AvgIpc) is 2.47. The van der Waals surface area contributed by atoms with Crippen molar-refractivity contribution in [3.63, 3.8) is 0 Å². The number of carbonyl (C=O) groups excluding carboxylic acids is 1. The highest BCUT2D eigenvalue weighted by Gasteiger charge is 2.36. The van der Waals surface area contributed by atoms with Gasteiger partial charge in [0.1, 0.15) is 11.3 Å². The molecule has 0 aromatic carbocycles. The number of hydrogen-bond acceptors (Lipinski definition) is 5. The second-order valence-corrected chi connectivity index (χ2v) is 3.89. The largest absolute Gasteiger partial charge is 0.462 e. The smallest absolute Gasteiger partial charge is 0.451 e. The maximum Gasteiger partial charge on any atom is 0.451 e. The van der Waals surface area contributed by atoms with Crippen molar-refractivity contribution in [1.29, 1.82) is 0 Å². The first-order valence-electron chi connectivity index (χ1n) is 5.96. The van der Waals surface area contributed by atoms with Gasteiger partial charge in [-0.2, -0.15) is 13.2 Å². The van der Waals surface area contributed by atoms with Crippen molar-refractivity contribution >= 4 is 5.97 Å². The van der Waals surface area contributed by atoms with E-state index in [9.17, 15) is 18.0 Å². The molecule has 0 aliphatic rings. The highest BCUT2D eigenvalue weighted by molar-refractivity contribution is 5.95. The Bertz CT molecular complexity index is 645. The van der Waals surface area contributed by atoms with E-state index < -0.39 is 18.0 Å². The van der Waals surface area contributed by atoms with Crippen LogP contribution in [0.1, 0.15) is 23.1 Å². The third kappa shape index (κ3) is 3.33. The molecule has 110 valence electrons. The Morgan fingerprint density at radius 3 is 2.62 bits per heavy atom. The number of hydrogen-bond donors (Lipinski definition) is 0. The number of halogens is 3. The Labute approximate surface area is 117 Å². The predicted octanol–water partition coefficient (Wildman–Crippen LogP) is 2.73. The van der Waals surface area contributed by atoms with Crippen LogP contribution in [0.5, 0.6) is 0 Å². The fourth-order valence-electron chi connectivity index (χ4n) is 1.57. The van der Waals surface area contributed by atoms with Crippen molar-refractivity contribution in [2.45, 2.75) is 13.1 Å². The highest BCUT2D eigenvalue weighted by Crippen LogP contribution is 2.29. The van der Waals surface area contributed by atoms with Crippen molar-refractivity contribution in [3.05, 3.63) is 42.0 Å². The van der Waals surface area contributed by atoms with Crippen LogP contribution in [0, 0.1) is 0 Å². The molecule has 0 spiro atoms. The van der Waals surface area contributed by atoms with Crippen molar-refractivity contribution in [2.24, 2.45) is 0 Å². The summed E-state index contributed by atoms with van der Waals surface area (Å²) in [7, 11) is 0. The maximum atomic E-state index is 12.7. The molecular formula is C13H10F3N3O2.